The molecule has 4 nitrogen and oxygen atoms in total. The number of nitriles is 1. The second kappa shape index (κ2) is 9.98. The summed E-state index contributed by atoms with van der Waals surface area (Å²) in [5.74, 6) is -0.0181. The van der Waals surface area contributed by atoms with Crippen molar-refractivity contribution in [2.24, 2.45) is 0 Å². The molecule has 6 heteroatoms. The van der Waals surface area contributed by atoms with Crippen molar-refractivity contribution in [1.29, 1.82) is 5.26 Å². The molecule has 0 aromatic heterocycles. The van der Waals surface area contributed by atoms with Crippen LogP contribution in [0.5, 0.6) is 5.75 Å². The van der Waals surface area contributed by atoms with Crippen molar-refractivity contribution in [3.05, 3.63) is 99.0 Å². The van der Waals surface area contributed by atoms with Gasteiger partial charge in [0.2, 0.25) is 0 Å². The van der Waals surface area contributed by atoms with Crippen LogP contribution in [-0.2, 0) is 11.4 Å². The summed E-state index contributed by atoms with van der Waals surface area (Å²) in [6.07, 6.45) is 1.49. The van der Waals surface area contributed by atoms with Crippen LogP contribution in [0.25, 0.3) is 6.08 Å². The fourth-order valence-corrected chi connectivity index (χ4v) is 3.14. The smallest absolute Gasteiger partial charge is 0.266 e. The molecule has 0 spiro atoms. The van der Waals surface area contributed by atoms with Crippen LogP contribution in [0.1, 0.15) is 16.7 Å². The summed E-state index contributed by atoms with van der Waals surface area (Å²) >= 11 is 12.1. The molecule has 0 aliphatic rings. The van der Waals surface area contributed by atoms with Crippen molar-refractivity contribution in [2.75, 3.05) is 5.32 Å². The number of carbonyl (C=O) groups excluding carboxylic acids is 1. The van der Waals surface area contributed by atoms with E-state index < -0.39 is 5.91 Å². The molecule has 3 rings (SSSR count). The third-order valence-electron chi connectivity index (χ3n) is 4.26. The van der Waals surface area contributed by atoms with Crippen LogP contribution in [0.2, 0.25) is 10.0 Å². The Hall–Kier alpha value is -3.26. The summed E-state index contributed by atoms with van der Waals surface area (Å²) in [6.45, 7) is 2.39. The molecule has 1 amide bonds. The van der Waals surface area contributed by atoms with Gasteiger partial charge in [0.1, 0.15) is 24.0 Å². The minimum atomic E-state index is -0.588. The molecule has 0 saturated carbocycles. The molecule has 30 heavy (non-hydrogen) atoms. The largest absolute Gasteiger partial charge is 0.488 e. The van der Waals surface area contributed by atoms with E-state index in [-0.39, 0.29) is 10.6 Å². The van der Waals surface area contributed by atoms with Gasteiger partial charge in [0, 0.05) is 5.56 Å². The summed E-state index contributed by atoms with van der Waals surface area (Å²) in [5.41, 5.74) is 3.04. The number of ether oxygens (including phenoxy) is 1. The van der Waals surface area contributed by atoms with Gasteiger partial charge in [0.15, 0.2) is 0 Å². The van der Waals surface area contributed by atoms with Gasteiger partial charge in [-0.1, -0.05) is 77.3 Å². The number of aryl methyl sites for hydroxylation is 1. The second-order valence-electron chi connectivity index (χ2n) is 6.54. The van der Waals surface area contributed by atoms with E-state index in [1.165, 1.54) is 6.08 Å². The number of nitrogens with one attached hydrogen (secondary N) is 1. The van der Waals surface area contributed by atoms with E-state index in [9.17, 15) is 10.1 Å². The van der Waals surface area contributed by atoms with Crippen molar-refractivity contribution in [1.82, 2.24) is 0 Å². The maximum Gasteiger partial charge on any atom is 0.266 e. The van der Waals surface area contributed by atoms with Crippen LogP contribution in [0.4, 0.5) is 5.69 Å². The Morgan fingerprint density at radius 2 is 1.87 bits per heavy atom. The van der Waals surface area contributed by atoms with Crippen LogP contribution in [-0.4, -0.2) is 5.91 Å². The Labute approximate surface area is 185 Å². The maximum absolute atomic E-state index is 12.6. The highest BCUT2D eigenvalue weighted by atomic mass is 35.5. The first-order chi connectivity index (χ1) is 14.5. The molecule has 0 aliphatic heterocycles. The van der Waals surface area contributed by atoms with Crippen molar-refractivity contribution < 1.29 is 9.53 Å². The third kappa shape index (κ3) is 5.42. The fourth-order valence-electron chi connectivity index (χ4n) is 2.79. The number of para-hydroxylation sites is 1. The predicted molar refractivity (Wildman–Crippen MR) is 121 cm³/mol. The molecule has 3 aromatic rings. The first-order valence-electron chi connectivity index (χ1n) is 9.12. The summed E-state index contributed by atoms with van der Waals surface area (Å²) in [4.78, 5) is 12.6. The second-order valence-corrected chi connectivity index (χ2v) is 7.33. The van der Waals surface area contributed by atoms with E-state index in [1.54, 1.807) is 30.3 Å². The van der Waals surface area contributed by atoms with Crippen molar-refractivity contribution >= 4 is 40.9 Å². The average Bonchev–Trinajstić information content (AvgIpc) is 2.74. The normalized spacial score (nSPS) is 10.9. The number of rotatable bonds is 6. The van der Waals surface area contributed by atoms with E-state index in [4.69, 9.17) is 27.9 Å². The summed E-state index contributed by atoms with van der Waals surface area (Å²) in [7, 11) is 0. The molecule has 0 heterocycles. The Morgan fingerprint density at radius 3 is 2.63 bits per heavy atom. The molecule has 150 valence electrons. The number of halogens is 2. The van der Waals surface area contributed by atoms with E-state index in [1.807, 2.05) is 49.4 Å². The van der Waals surface area contributed by atoms with Gasteiger partial charge in [-0.05, 0) is 36.8 Å². The van der Waals surface area contributed by atoms with Gasteiger partial charge in [-0.2, -0.15) is 5.26 Å². The Balaban J connectivity index is 1.81. The zero-order valence-corrected chi connectivity index (χ0v) is 17.7. The number of benzene rings is 3. The first kappa shape index (κ1) is 21.4. The summed E-state index contributed by atoms with van der Waals surface area (Å²) in [6, 6.07) is 22.0. The Morgan fingerprint density at radius 1 is 1.10 bits per heavy atom. The van der Waals surface area contributed by atoms with E-state index in [0.29, 0.717) is 28.6 Å². The summed E-state index contributed by atoms with van der Waals surface area (Å²) in [5, 5.41) is 12.7. The topological polar surface area (TPSA) is 62.1 Å². The van der Waals surface area contributed by atoms with Gasteiger partial charge >= 0.3 is 0 Å². The SMILES string of the molecule is Cc1cccc(COc2ccccc2/C=C(/C#N)C(=O)Nc2cccc(Cl)c2Cl)c1. The van der Waals surface area contributed by atoms with E-state index in [0.717, 1.165) is 11.1 Å². The van der Waals surface area contributed by atoms with Crippen LogP contribution in [0, 0.1) is 18.3 Å². The number of hydrogen-bond donors (Lipinski definition) is 1. The van der Waals surface area contributed by atoms with Gasteiger partial charge in [-0.3, -0.25) is 4.79 Å². The lowest BCUT2D eigenvalue weighted by Crippen LogP contribution is -2.13. The Bertz CT molecular complexity index is 1150. The molecular formula is C24H18Cl2N2O2. The predicted octanol–water partition coefficient (Wildman–Crippen LogP) is 6.43. The lowest BCUT2D eigenvalue weighted by molar-refractivity contribution is -0.112. The molecule has 1 N–H and O–H groups in total. The van der Waals surface area contributed by atoms with Crippen molar-refractivity contribution in [3.63, 3.8) is 0 Å². The first-order valence-corrected chi connectivity index (χ1v) is 9.88. The monoisotopic (exact) mass is 436 g/mol. The Kier molecular flexibility index (Phi) is 7.13. The zero-order valence-electron chi connectivity index (χ0n) is 16.2. The van der Waals surface area contributed by atoms with Crippen LogP contribution >= 0.6 is 23.2 Å². The van der Waals surface area contributed by atoms with Crippen molar-refractivity contribution in [2.45, 2.75) is 13.5 Å². The number of carbonyl (C=O) groups is 1. The molecule has 0 aliphatic carbocycles. The van der Waals surface area contributed by atoms with E-state index in [2.05, 4.69) is 5.32 Å². The molecule has 0 unspecified atom stereocenters. The molecule has 0 fully saturated rings. The molecule has 0 bridgehead atoms. The molecule has 0 radical (unpaired) electrons. The highest BCUT2D eigenvalue weighted by molar-refractivity contribution is 6.44. The van der Waals surface area contributed by atoms with E-state index >= 15 is 0 Å². The van der Waals surface area contributed by atoms with Gasteiger partial charge in [0.25, 0.3) is 5.91 Å². The van der Waals surface area contributed by atoms with Crippen LogP contribution < -0.4 is 10.1 Å². The van der Waals surface area contributed by atoms with Gasteiger partial charge in [-0.25, -0.2) is 0 Å². The number of amides is 1. The number of nitrogens with zero attached hydrogens (tertiary/aromatic N) is 1. The summed E-state index contributed by atoms with van der Waals surface area (Å²) < 4.78 is 5.93. The molecule has 0 saturated heterocycles. The third-order valence-corrected chi connectivity index (χ3v) is 5.08. The van der Waals surface area contributed by atoms with Crippen LogP contribution in [0.15, 0.2) is 72.3 Å². The van der Waals surface area contributed by atoms with Gasteiger partial charge < -0.3 is 10.1 Å². The fraction of sp³-hybridized carbons (Fsp3) is 0.0833. The highest BCUT2D eigenvalue weighted by Crippen LogP contribution is 2.30. The highest BCUT2D eigenvalue weighted by Gasteiger charge is 2.14. The maximum atomic E-state index is 12.6. The lowest BCUT2D eigenvalue weighted by Gasteiger charge is -2.11. The van der Waals surface area contributed by atoms with Gasteiger partial charge in [-0.15, -0.1) is 0 Å². The average molecular weight is 437 g/mol. The molecule has 3 aromatic carbocycles. The minimum absolute atomic E-state index is 0.0855. The zero-order chi connectivity index (χ0) is 21.5. The number of anilines is 1. The minimum Gasteiger partial charge on any atom is -0.488 e. The quantitative estimate of drug-likeness (QED) is 0.357. The molecule has 0 atom stereocenters. The molecular weight excluding hydrogens is 419 g/mol. The van der Waals surface area contributed by atoms with Crippen LogP contribution in [0.3, 0.4) is 0 Å². The van der Waals surface area contributed by atoms with Crippen molar-refractivity contribution in [3.8, 4) is 11.8 Å². The lowest BCUT2D eigenvalue weighted by atomic mass is 10.1. The standard InChI is InChI=1S/C24H18Cl2N2O2/c1-16-6-4-7-17(12-16)15-30-22-11-3-2-8-18(22)13-19(14-27)24(29)28-21-10-5-9-20(25)23(21)26/h2-13H,15H2,1H3,(H,28,29)/b19-13-. The number of hydrogen-bond acceptors (Lipinski definition) is 3. The van der Waals surface area contributed by atoms with Gasteiger partial charge in [0.05, 0.1) is 15.7 Å².